The maximum Gasteiger partial charge on any atom is 0.250 e. The molecule has 3 aliphatic rings. The molecule has 0 saturated heterocycles. The van der Waals surface area contributed by atoms with E-state index < -0.39 is 16.6 Å². The maximum absolute atomic E-state index is 7.14. The Bertz CT molecular complexity index is 1030. The molecule has 1 aromatic carbocycles. The summed E-state index contributed by atoms with van der Waals surface area (Å²) in [7, 11) is -3.67. The highest BCUT2D eigenvalue weighted by atomic mass is 28.4. The van der Waals surface area contributed by atoms with Crippen LogP contribution in [-0.2, 0) is 10.8 Å². The summed E-state index contributed by atoms with van der Waals surface area (Å²) in [4.78, 5) is 0. The molecule has 1 aromatic rings. The average molecular weight is 541 g/mol. The van der Waals surface area contributed by atoms with Gasteiger partial charge in [-0.05, 0) is 128 Å². The fourth-order valence-corrected chi connectivity index (χ4v) is 9.61. The van der Waals surface area contributed by atoms with Crippen molar-refractivity contribution < 1.29 is 8.85 Å². The Morgan fingerprint density at radius 2 is 1.54 bits per heavy atom. The van der Waals surface area contributed by atoms with Gasteiger partial charge in [0.2, 0.25) is 0 Å². The van der Waals surface area contributed by atoms with E-state index in [0.717, 1.165) is 17.6 Å². The number of benzene rings is 1. The first kappa shape index (κ1) is 29.1. The van der Waals surface area contributed by atoms with Crippen LogP contribution in [-0.4, -0.2) is 22.7 Å². The summed E-state index contributed by atoms with van der Waals surface area (Å²) < 4.78 is 14.0. The Morgan fingerprint density at radius 1 is 0.892 bits per heavy atom. The molecule has 4 rings (SSSR count). The van der Waals surface area contributed by atoms with Gasteiger partial charge in [0.05, 0.1) is 6.10 Å². The number of hydrogen-bond acceptors (Lipinski definition) is 2. The third-order valence-corrected chi connectivity index (χ3v) is 20.4. The van der Waals surface area contributed by atoms with E-state index in [2.05, 4.69) is 106 Å². The average Bonchev–Trinajstić information content (AvgIpc) is 3.08. The number of fused-ring (bicyclic) bond motifs is 5. The highest BCUT2D eigenvalue weighted by molar-refractivity contribution is 6.75. The minimum Gasteiger partial charge on any atom is -0.543 e. The van der Waals surface area contributed by atoms with E-state index >= 15 is 0 Å². The van der Waals surface area contributed by atoms with E-state index in [-0.39, 0.29) is 10.1 Å². The number of hydrogen-bond donors (Lipinski definition) is 0. The standard InChI is InChI=1S/C33H56O2Si2/c1-13-14-24-21-27-23(22-29(24)34-36(9,10)31(2,3)4)15-16-26-25(27)19-20-33(8)28(26)17-18-30(33)35-37(11,12)32(5,6)7/h13-14,21-22,25-26,28,30H,15-20H2,1-12H3/b14-13-/t25-,26+,28-,30-,33-/m0/s1. The molecule has 0 aromatic heterocycles. The fourth-order valence-electron chi connectivity index (χ4n) is 7.12. The second kappa shape index (κ2) is 9.66. The smallest absolute Gasteiger partial charge is 0.250 e. The van der Waals surface area contributed by atoms with Gasteiger partial charge in [0.25, 0.3) is 8.32 Å². The fraction of sp³-hybridized carbons (Fsp3) is 0.758. The van der Waals surface area contributed by atoms with Crippen molar-refractivity contribution in [1.29, 1.82) is 0 Å². The SMILES string of the molecule is C/C=C\c1cc2c(cc1O[Si](C)(C)C(C)(C)C)CC[C@@H]1[C@@H]2CC[C@]2(C)[C@@H](O[Si](C)(C)C(C)(C)C)CC[C@@H]12. The molecule has 0 aliphatic heterocycles. The Labute approximate surface area is 231 Å². The molecule has 4 heteroatoms. The topological polar surface area (TPSA) is 18.5 Å². The third kappa shape index (κ3) is 5.21. The maximum atomic E-state index is 7.14. The van der Waals surface area contributed by atoms with Crippen molar-refractivity contribution in [3.63, 3.8) is 0 Å². The van der Waals surface area contributed by atoms with Crippen molar-refractivity contribution >= 4 is 22.7 Å². The Morgan fingerprint density at radius 3 is 2.14 bits per heavy atom. The molecular formula is C33H56O2Si2. The summed E-state index contributed by atoms with van der Waals surface area (Å²) in [5, 5.41) is 0.469. The van der Waals surface area contributed by atoms with Gasteiger partial charge in [-0.3, -0.25) is 0 Å². The van der Waals surface area contributed by atoms with Gasteiger partial charge in [0.15, 0.2) is 8.32 Å². The first-order valence-electron chi connectivity index (χ1n) is 15.1. The van der Waals surface area contributed by atoms with Gasteiger partial charge in [0, 0.05) is 5.56 Å². The summed E-state index contributed by atoms with van der Waals surface area (Å²) >= 11 is 0. The van der Waals surface area contributed by atoms with Gasteiger partial charge < -0.3 is 8.85 Å². The van der Waals surface area contributed by atoms with Crippen LogP contribution in [0.15, 0.2) is 18.2 Å². The van der Waals surface area contributed by atoms with Crippen LogP contribution in [0.2, 0.25) is 36.3 Å². The predicted molar refractivity (Wildman–Crippen MR) is 166 cm³/mol. The van der Waals surface area contributed by atoms with Crippen LogP contribution in [0.25, 0.3) is 6.08 Å². The van der Waals surface area contributed by atoms with Gasteiger partial charge in [-0.15, -0.1) is 0 Å². The van der Waals surface area contributed by atoms with E-state index in [4.69, 9.17) is 8.85 Å². The van der Waals surface area contributed by atoms with Crippen LogP contribution >= 0.6 is 0 Å². The first-order chi connectivity index (χ1) is 16.9. The van der Waals surface area contributed by atoms with Crippen LogP contribution in [0, 0.1) is 17.3 Å². The molecule has 5 atom stereocenters. The van der Waals surface area contributed by atoms with Gasteiger partial charge in [-0.2, -0.15) is 0 Å². The molecular weight excluding hydrogens is 485 g/mol. The van der Waals surface area contributed by atoms with Crippen LogP contribution < -0.4 is 4.43 Å². The number of rotatable bonds is 5. The molecule has 0 amide bonds. The van der Waals surface area contributed by atoms with Crippen molar-refractivity contribution in [2.45, 2.75) is 142 Å². The lowest BCUT2D eigenvalue weighted by atomic mass is 9.55. The summed E-state index contributed by atoms with van der Waals surface area (Å²) in [5.41, 5.74) is 4.80. The van der Waals surface area contributed by atoms with Gasteiger partial charge >= 0.3 is 0 Å². The predicted octanol–water partition coefficient (Wildman–Crippen LogP) is 10.4. The van der Waals surface area contributed by atoms with Crippen LogP contribution in [0.5, 0.6) is 5.75 Å². The van der Waals surface area contributed by atoms with Gasteiger partial charge in [0.1, 0.15) is 5.75 Å². The Hall–Kier alpha value is -0.846. The Kier molecular flexibility index (Phi) is 7.61. The second-order valence-electron chi connectivity index (χ2n) is 15.9. The Balaban J connectivity index is 1.62. The molecule has 208 valence electrons. The lowest BCUT2D eigenvalue weighted by Crippen LogP contribution is -2.50. The summed E-state index contributed by atoms with van der Waals surface area (Å²) in [6.45, 7) is 28.5. The largest absolute Gasteiger partial charge is 0.543 e. The number of aryl methyl sites for hydroxylation is 1. The monoisotopic (exact) mass is 540 g/mol. The minimum atomic E-state index is -1.90. The molecule has 0 spiro atoms. The van der Waals surface area contributed by atoms with Crippen molar-refractivity contribution in [3.05, 3.63) is 34.9 Å². The molecule has 0 N–H and O–H groups in total. The zero-order valence-corrected chi connectivity index (χ0v) is 28.2. The van der Waals surface area contributed by atoms with Crippen molar-refractivity contribution in [1.82, 2.24) is 0 Å². The van der Waals surface area contributed by atoms with Gasteiger partial charge in [-0.1, -0.05) is 60.6 Å². The van der Waals surface area contributed by atoms with Crippen LogP contribution in [0.4, 0.5) is 0 Å². The highest BCUT2D eigenvalue weighted by Gasteiger charge is 2.57. The second-order valence-corrected chi connectivity index (χ2v) is 25.3. The lowest BCUT2D eigenvalue weighted by molar-refractivity contribution is -0.0165. The van der Waals surface area contributed by atoms with E-state index in [1.165, 1.54) is 44.1 Å². The number of allylic oxidation sites excluding steroid dienone is 1. The molecule has 37 heavy (non-hydrogen) atoms. The summed E-state index contributed by atoms with van der Waals surface area (Å²) in [6.07, 6.45) is 12.6. The minimum absolute atomic E-state index is 0.195. The van der Waals surface area contributed by atoms with Crippen LogP contribution in [0.1, 0.15) is 110 Å². The zero-order valence-electron chi connectivity index (χ0n) is 26.2. The lowest BCUT2D eigenvalue weighted by Gasteiger charge is -2.52. The van der Waals surface area contributed by atoms with Crippen LogP contribution in [0.3, 0.4) is 0 Å². The quantitative estimate of drug-likeness (QED) is 0.346. The molecule has 0 bridgehead atoms. The normalized spacial score (nSPS) is 30.7. The van der Waals surface area contributed by atoms with Crippen molar-refractivity contribution in [2.75, 3.05) is 0 Å². The molecule has 2 nitrogen and oxygen atoms in total. The molecule has 0 radical (unpaired) electrons. The molecule has 0 unspecified atom stereocenters. The molecule has 2 fully saturated rings. The molecule has 2 saturated carbocycles. The molecule has 3 aliphatic carbocycles. The van der Waals surface area contributed by atoms with E-state index in [0.29, 0.717) is 17.4 Å². The van der Waals surface area contributed by atoms with E-state index in [9.17, 15) is 0 Å². The van der Waals surface area contributed by atoms with Crippen molar-refractivity contribution in [3.8, 4) is 5.75 Å². The summed E-state index contributed by atoms with van der Waals surface area (Å²) in [5.74, 6) is 3.40. The third-order valence-electron chi connectivity index (χ3n) is 11.5. The van der Waals surface area contributed by atoms with Gasteiger partial charge in [-0.25, -0.2) is 0 Å². The van der Waals surface area contributed by atoms with Crippen molar-refractivity contribution in [2.24, 2.45) is 17.3 Å². The van der Waals surface area contributed by atoms with E-state index in [1.807, 2.05) is 0 Å². The molecule has 0 heterocycles. The zero-order chi connectivity index (χ0) is 27.6. The first-order valence-corrected chi connectivity index (χ1v) is 20.9. The highest BCUT2D eigenvalue weighted by Crippen LogP contribution is 2.62. The summed E-state index contributed by atoms with van der Waals surface area (Å²) in [6, 6.07) is 4.96. The van der Waals surface area contributed by atoms with E-state index in [1.54, 1.807) is 11.1 Å².